The number of hydrogen-bond donors (Lipinski definition) is 1. The van der Waals surface area contributed by atoms with E-state index < -0.39 is 27.2 Å². The summed E-state index contributed by atoms with van der Waals surface area (Å²) in [5, 5.41) is 12.9. The number of amides is 1. The number of halogens is 2. The molecule has 7 heteroatoms. The highest BCUT2D eigenvalue weighted by atomic mass is 79.9. The van der Waals surface area contributed by atoms with Gasteiger partial charge in [-0.1, -0.05) is 15.9 Å². The zero-order valence-electron chi connectivity index (χ0n) is 8.24. The van der Waals surface area contributed by atoms with Crippen LogP contribution in [0, 0.1) is 15.9 Å². The van der Waals surface area contributed by atoms with E-state index in [4.69, 9.17) is 0 Å². The minimum Gasteiger partial charge on any atom is -0.319 e. The van der Waals surface area contributed by atoms with Crippen LogP contribution in [0.5, 0.6) is 0 Å². The van der Waals surface area contributed by atoms with Crippen LogP contribution in [0.4, 0.5) is 15.8 Å². The van der Waals surface area contributed by atoms with Crippen LogP contribution < -0.4 is 5.32 Å². The van der Waals surface area contributed by atoms with E-state index in [0.29, 0.717) is 0 Å². The maximum atomic E-state index is 12.8. The van der Waals surface area contributed by atoms with Crippen LogP contribution in [0.1, 0.15) is 6.92 Å². The minimum atomic E-state index is -0.752. The molecule has 0 aliphatic rings. The summed E-state index contributed by atoms with van der Waals surface area (Å²) < 4.78 is 12.8. The molecule has 0 saturated carbocycles. The SMILES string of the molecule is CC(Br)C(=O)Nc1ccc(F)cc1[N+](=O)[O-]. The highest BCUT2D eigenvalue weighted by molar-refractivity contribution is 9.10. The van der Waals surface area contributed by atoms with Gasteiger partial charge in [-0.05, 0) is 19.1 Å². The molecule has 0 saturated heterocycles. The molecule has 16 heavy (non-hydrogen) atoms. The number of nitro benzene ring substituents is 1. The number of nitrogens with one attached hydrogen (secondary N) is 1. The van der Waals surface area contributed by atoms with Crippen molar-refractivity contribution in [2.24, 2.45) is 0 Å². The third-order valence-corrected chi connectivity index (χ3v) is 2.19. The summed E-state index contributed by atoms with van der Waals surface area (Å²) >= 11 is 3.02. The molecule has 0 heterocycles. The zero-order valence-corrected chi connectivity index (χ0v) is 9.82. The van der Waals surface area contributed by atoms with E-state index in [2.05, 4.69) is 21.2 Å². The van der Waals surface area contributed by atoms with Gasteiger partial charge in [-0.2, -0.15) is 0 Å². The van der Waals surface area contributed by atoms with E-state index in [0.717, 1.165) is 18.2 Å². The molecule has 0 aliphatic carbocycles. The molecule has 0 bridgehead atoms. The van der Waals surface area contributed by atoms with Gasteiger partial charge in [0.05, 0.1) is 15.8 Å². The monoisotopic (exact) mass is 290 g/mol. The number of anilines is 1. The fraction of sp³-hybridized carbons (Fsp3) is 0.222. The Kier molecular flexibility index (Phi) is 3.94. The maximum Gasteiger partial charge on any atom is 0.295 e. The van der Waals surface area contributed by atoms with Crippen molar-refractivity contribution >= 4 is 33.2 Å². The summed E-state index contributed by atoms with van der Waals surface area (Å²) in [6.07, 6.45) is 0. The first kappa shape index (κ1) is 12.6. The molecule has 1 aromatic rings. The van der Waals surface area contributed by atoms with E-state index in [1.165, 1.54) is 0 Å². The number of hydrogen-bond acceptors (Lipinski definition) is 3. The van der Waals surface area contributed by atoms with E-state index in [-0.39, 0.29) is 5.69 Å². The first-order valence-electron chi connectivity index (χ1n) is 4.30. The molecule has 1 amide bonds. The lowest BCUT2D eigenvalue weighted by molar-refractivity contribution is -0.384. The summed E-state index contributed by atoms with van der Waals surface area (Å²) in [4.78, 5) is 20.7. The highest BCUT2D eigenvalue weighted by Gasteiger charge is 2.18. The van der Waals surface area contributed by atoms with Gasteiger partial charge in [-0.15, -0.1) is 0 Å². The van der Waals surface area contributed by atoms with Crippen LogP contribution in [0.25, 0.3) is 0 Å². The van der Waals surface area contributed by atoms with E-state index in [1.807, 2.05) is 0 Å². The topological polar surface area (TPSA) is 72.2 Å². The van der Waals surface area contributed by atoms with Crippen molar-refractivity contribution in [1.29, 1.82) is 0 Å². The molecule has 0 radical (unpaired) electrons. The number of alkyl halides is 1. The molecule has 0 fully saturated rings. The van der Waals surface area contributed by atoms with Crippen LogP contribution >= 0.6 is 15.9 Å². The molecule has 0 aliphatic heterocycles. The summed E-state index contributed by atoms with van der Waals surface area (Å²) in [6.45, 7) is 1.57. The van der Waals surface area contributed by atoms with Gasteiger partial charge in [0.15, 0.2) is 0 Å². The number of nitro groups is 1. The van der Waals surface area contributed by atoms with E-state index >= 15 is 0 Å². The van der Waals surface area contributed by atoms with Crippen molar-refractivity contribution in [3.05, 3.63) is 34.1 Å². The van der Waals surface area contributed by atoms with Gasteiger partial charge in [0, 0.05) is 0 Å². The van der Waals surface area contributed by atoms with Crippen LogP contribution in [0.15, 0.2) is 18.2 Å². The fourth-order valence-electron chi connectivity index (χ4n) is 0.994. The van der Waals surface area contributed by atoms with Gasteiger partial charge >= 0.3 is 0 Å². The van der Waals surface area contributed by atoms with Crippen LogP contribution in [0.3, 0.4) is 0 Å². The van der Waals surface area contributed by atoms with Crippen LogP contribution in [-0.4, -0.2) is 15.7 Å². The molecule has 0 aromatic heterocycles. The van der Waals surface area contributed by atoms with Gasteiger partial charge in [-0.3, -0.25) is 14.9 Å². The lowest BCUT2D eigenvalue weighted by Crippen LogP contribution is -2.20. The van der Waals surface area contributed by atoms with Crippen LogP contribution in [0.2, 0.25) is 0 Å². The first-order valence-corrected chi connectivity index (χ1v) is 5.22. The molecular formula is C9H8BrFN2O3. The Balaban J connectivity index is 3.04. The van der Waals surface area contributed by atoms with Crippen molar-refractivity contribution in [1.82, 2.24) is 0 Å². The predicted molar refractivity (Wildman–Crippen MR) is 60.1 cm³/mol. The molecular weight excluding hydrogens is 283 g/mol. The number of carbonyl (C=O) groups is 1. The number of rotatable bonds is 3. The third-order valence-electron chi connectivity index (χ3n) is 1.78. The second kappa shape index (κ2) is 5.02. The van der Waals surface area contributed by atoms with Crippen molar-refractivity contribution in [2.45, 2.75) is 11.8 Å². The summed E-state index contributed by atoms with van der Waals surface area (Å²) in [5.41, 5.74) is -0.496. The van der Waals surface area contributed by atoms with E-state index in [9.17, 15) is 19.3 Å². The lowest BCUT2D eigenvalue weighted by atomic mass is 10.2. The minimum absolute atomic E-state index is 0.0253. The Hall–Kier alpha value is -1.50. The lowest BCUT2D eigenvalue weighted by Gasteiger charge is -2.06. The van der Waals surface area contributed by atoms with Crippen molar-refractivity contribution in [3.8, 4) is 0 Å². The molecule has 1 N–H and O–H groups in total. The zero-order chi connectivity index (χ0) is 12.3. The first-order chi connectivity index (χ1) is 7.41. The summed E-state index contributed by atoms with van der Waals surface area (Å²) in [7, 11) is 0. The molecule has 1 atom stereocenters. The van der Waals surface area contributed by atoms with Crippen LogP contribution in [-0.2, 0) is 4.79 Å². The quantitative estimate of drug-likeness (QED) is 0.528. The number of carbonyl (C=O) groups excluding carboxylic acids is 1. The average molecular weight is 291 g/mol. The number of nitrogens with zero attached hydrogens (tertiary/aromatic N) is 1. The maximum absolute atomic E-state index is 12.8. The standard InChI is InChI=1S/C9H8BrFN2O3/c1-5(10)9(14)12-7-3-2-6(11)4-8(7)13(15)16/h2-5H,1H3,(H,12,14). The Bertz CT molecular complexity index is 437. The average Bonchev–Trinajstić information content (AvgIpc) is 2.20. The van der Waals surface area contributed by atoms with Gasteiger partial charge in [-0.25, -0.2) is 4.39 Å². The molecule has 86 valence electrons. The van der Waals surface area contributed by atoms with Gasteiger partial charge < -0.3 is 5.32 Å². The molecule has 0 spiro atoms. The smallest absolute Gasteiger partial charge is 0.295 e. The predicted octanol–water partition coefficient (Wildman–Crippen LogP) is 2.46. The largest absolute Gasteiger partial charge is 0.319 e. The summed E-state index contributed by atoms with van der Waals surface area (Å²) in [6, 6.07) is 2.96. The van der Waals surface area contributed by atoms with Gasteiger partial charge in [0.25, 0.3) is 5.69 Å². The Morgan fingerprint density at radius 3 is 2.75 bits per heavy atom. The van der Waals surface area contributed by atoms with Crippen molar-refractivity contribution in [2.75, 3.05) is 5.32 Å². The summed E-state index contributed by atoms with van der Waals surface area (Å²) in [5.74, 6) is -1.16. The third kappa shape index (κ3) is 2.99. The Morgan fingerprint density at radius 1 is 1.62 bits per heavy atom. The number of benzene rings is 1. The second-order valence-electron chi connectivity index (χ2n) is 3.02. The molecule has 1 aromatic carbocycles. The van der Waals surface area contributed by atoms with Crippen molar-refractivity contribution < 1.29 is 14.1 Å². The molecule has 1 unspecified atom stereocenters. The normalized spacial score (nSPS) is 11.9. The van der Waals surface area contributed by atoms with E-state index in [1.54, 1.807) is 6.92 Å². The molecule has 1 rings (SSSR count). The molecule has 5 nitrogen and oxygen atoms in total. The Morgan fingerprint density at radius 2 is 2.25 bits per heavy atom. The Labute approximate surface area is 98.9 Å². The van der Waals surface area contributed by atoms with Crippen molar-refractivity contribution in [3.63, 3.8) is 0 Å². The second-order valence-corrected chi connectivity index (χ2v) is 4.40. The highest BCUT2D eigenvalue weighted by Crippen LogP contribution is 2.25. The van der Waals surface area contributed by atoms with Gasteiger partial charge in [0.2, 0.25) is 5.91 Å². The van der Waals surface area contributed by atoms with Gasteiger partial charge in [0.1, 0.15) is 11.5 Å². The fourth-order valence-corrected chi connectivity index (χ4v) is 1.11.